The Hall–Kier alpha value is -1.94. The first-order valence-corrected chi connectivity index (χ1v) is 6.66. The molecule has 0 spiro atoms. The van der Waals surface area contributed by atoms with Crippen molar-refractivity contribution in [2.24, 2.45) is 5.14 Å². The van der Waals surface area contributed by atoms with Gasteiger partial charge in [0.15, 0.2) is 0 Å². The van der Waals surface area contributed by atoms with E-state index in [2.05, 4.69) is 10.3 Å². The number of hydrogen-bond acceptors (Lipinski definition) is 7. The van der Waals surface area contributed by atoms with Crippen molar-refractivity contribution in [1.82, 2.24) is 4.98 Å². The molecule has 1 aromatic rings. The number of hydrogen-bond donors (Lipinski definition) is 3. The van der Waals surface area contributed by atoms with Crippen LogP contribution in [0.25, 0.3) is 0 Å². The van der Waals surface area contributed by atoms with Gasteiger partial charge in [-0.3, -0.25) is 10.1 Å². The van der Waals surface area contributed by atoms with Crippen molar-refractivity contribution in [1.29, 1.82) is 0 Å². The topological polar surface area (TPSA) is 154 Å². The molecule has 0 aliphatic carbocycles. The van der Waals surface area contributed by atoms with Gasteiger partial charge in [-0.05, 0) is 12.5 Å². The summed E-state index contributed by atoms with van der Waals surface area (Å²) >= 11 is 0. The largest absolute Gasteiger partial charge is 0.378 e. The Balaban J connectivity index is 2.54. The van der Waals surface area contributed by atoms with E-state index in [4.69, 9.17) is 10.9 Å². The van der Waals surface area contributed by atoms with E-state index in [1.807, 2.05) is 0 Å². The highest BCUT2D eigenvalue weighted by Crippen LogP contribution is 2.20. The highest BCUT2D eigenvalue weighted by Gasteiger charge is 2.12. The van der Waals surface area contributed by atoms with Crippen LogP contribution in [0.1, 0.15) is 6.42 Å². The van der Waals surface area contributed by atoms with Crippen molar-refractivity contribution in [2.75, 3.05) is 23.3 Å². The average Bonchev–Trinajstić information content (AvgIpc) is 2.22. The Bertz CT molecular complexity index is 544. The number of sulfonamides is 1. The van der Waals surface area contributed by atoms with Crippen LogP contribution < -0.4 is 16.2 Å². The van der Waals surface area contributed by atoms with Crippen molar-refractivity contribution in [2.45, 2.75) is 6.42 Å². The lowest BCUT2D eigenvalue weighted by molar-refractivity contribution is -0.384. The molecule has 0 radical (unpaired) electrons. The highest BCUT2D eigenvalue weighted by molar-refractivity contribution is 7.89. The van der Waals surface area contributed by atoms with Crippen LogP contribution in [0.4, 0.5) is 17.3 Å². The number of pyridine rings is 1. The molecule has 0 aromatic carbocycles. The molecule has 100 valence electrons. The maximum Gasteiger partial charge on any atom is 0.311 e. The number of nitrogens with zero attached hydrogens (tertiary/aromatic N) is 2. The lowest BCUT2D eigenvalue weighted by Gasteiger charge is -2.05. The van der Waals surface area contributed by atoms with E-state index in [9.17, 15) is 18.5 Å². The van der Waals surface area contributed by atoms with Gasteiger partial charge in [0.2, 0.25) is 15.8 Å². The van der Waals surface area contributed by atoms with Crippen LogP contribution in [0.5, 0.6) is 0 Å². The summed E-state index contributed by atoms with van der Waals surface area (Å²) in [6.45, 7) is 0.320. The molecular weight excluding hydrogens is 262 g/mol. The van der Waals surface area contributed by atoms with Gasteiger partial charge in [0, 0.05) is 12.6 Å². The van der Waals surface area contributed by atoms with E-state index in [0.29, 0.717) is 18.8 Å². The van der Waals surface area contributed by atoms with E-state index < -0.39 is 14.9 Å². The molecule has 1 rings (SSSR count). The number of nitrogens with two attached hydrogens (primary N) is 2. The Morgan fingerprint density at radius 3 is 2.61 bits per heavy atom. The second-order valence-corrected chi connectivity index (χ2v) is 5.24. The molecule has 0 bridgehead atoms. The lowest BCUT2D eigenvalue weighted by atomic mass is 10.3. The summed E-state index contributed by atoms with van der Waals surface area (Å²) in [5.41, 5.74) is 5.11. The van der Waals surface area contributed by atoms with Gasteiger partial charge in [-0.15, -0.1) is 0 Å². The second-order valence-electron chi connectivity index (χ2n) is 3.51. The number of rotatable bonds is 6. The molecule has 0 aliphatic rings. The minimum absolute atomic E-state index is 0.150. The Morgan fingerprint density at radius 2 is 2.11 bits per heavy atom. The zero-order valence-corrected chi connectivity index (χ0v) is 10.2. The van der Waals surface area contributed by atoms with Gasteiger partial charge in [-0.2, -0.15) is 0 Å². The Labute approximate surface area is 103 Å². The van der Waals surface area contributed by atoms with Gasteiger partial charge >= 0.3 is 5.69 Å². The van der Waals surface area contributed by atoms with Crippen LogP contribution in [0.2, 0.25) is 0 Å². The van der Waals surface area contributed by atoms with Gasteiger partial charge in [0.25, 0.3) is 0 Å². The van der Waals surface area contributed by atoms with E-state index in [1.54, 1.807) is 0 Å². The molecule has 1 heterocycles. The van der Waals surface area contributed by atoms with Gasteiger partial charge < -0.3 is 11.1 Å². The fourth-order valence-corrected chi connectivity index (χ4v) is 1.76. The Morgan fingerprint density at radius 1 is 1.44 bits per heavy atom. The summed E-state index contributed by atoms with van der Waals surface area (Å²) in [5.74, 6) is -0.00777. The van der Waals surface area contributed by atoms with Crippen molar-refractivity contribution < 1.29 is 13.3 Å². The number of aromatic nitrogens is 1. The molecular formula is C8H13N5O4S. The molecule has 0 aliphatic heterocycles. The van der Waals surface area contributed by atoms with Crippen LogP contribution in [-0.4, -0.2) is 30.6 Å². The molecule has 9 nitrogen and oxygen atoms in total. The van der Waals surface area contributed by atoms with Gasteiger partial charge in [-0.1, -0.05) is 0 Å². The lowest BCUT2D eigenvalue weighted by Crippen LogP contribution is -2.19. The molecule has 1 aromatic heterocycles. The van der Waals surface area contributed by atoms with Crippen LogP contribution in [0.15, 0.2) is 12.1 Å². The predicted molar refractivity (Wildman–Crippen MR) is 66.4 cm³/mol. The quantitative estimate of drug-likeness (QED) is 0.364. The van der Waals surface area contributed by atoms with Crippen LogP contribution >= 0.6 is 0 Å². The van der Waals surface area contributed by atoms with Gasteiger partial charge in [0.1, 0.15) is 5.82 Å². The SMILES string of the molecule is Nc1nc(NCCCS(N)(=O)=O)ccc1[N+](=O)[O-]. The van der Waals surface area contributed by atoms with E-state index in [0.717, 1.165) is 0 Å². The summed E-state index contributed by atoms with van der Waals surface area (Å²) < 4.78 is 21.3. The monoisotopic (exact) mass is 275 g/mol. The first-order valence-electron chi connectivity index (χ1n) is 4.95. The zero-order chi connectivity index (χ0) is 13.8. The van der Waals surface area contributed by atoms with Crippen molar-refractivity contribution in [3.8, 4) is 0 Å². The average molecular weight is 275 g/mol. The Kier molecular flexibility index (Phi) is 4.39. The van der Waals surface area contributed by atoms with E-state index in [1.165, 1.54) is 12.1 Å². The summed E-state index contributed by atoms with van der Waals surface area (Å²) in [6.07, 6.45) is 0.303. The third kappa shape index (κ3) is 4.51. The molecule has 0 amide bonds. The molecule has 0 atom stereocenters. The van der Waals surface area contributed by atoms with E-state index in [-0.39, 0.29) is 17.3 Å². The van der Waals surface area contributed by atoms with Crippen LogP contribution in [0.3, 0.4) is 0 Å². The fourth-order valence-electron chi connectivity index (χ4n) is 1.21. The summed E-state index contributed by atoms with van der Waals surface area (Å²) in [5, 5.41) is 18.1. The molecule has 0 saturated heterocycles. The smallest absolute Gasteiger partial charge is 0.311 e. The number of primary sulfonamides is 1. The third-order valence-corrected chi connectivity index (χ3v) is 2.87. The number of anilines is 2. The predicted octanol–water partition coefficient (Wildman–Crippen LogP) is -0.337. The first kappa shape index (κ1) is 14.1. The summed E-state index contributed by atoms with van der Waals surface area (Å²) in [6, 6.07) is 2.62. The fraction of sp³-hybridized carbons (Fsp3) is 0.375. The highest BCUT2D eigenvalue weighted by atomic mass is 32.2. The maximum absolute atomic E-state index is 10.7. The van der Waals surface area contributed by atoms with Crippen molar-refractivity contribution in [3.05, 3.63) is 22.2 Å². The molecule has 18 heavy (non-hydrogen) atoms. The zero-order valence-electron chi connectivity index (χ0n) is 9.37. The number of nitrogens with one attached hydrogen (secondary N) is 1. The van der Waals surface area contributed by atoms with Gasteiger partial charge in [-0.25, -0.2) is 18.5 Å². The number of nitrogen functional groups attached to an aromatic ring is 1. The van der Waals surface area contributed by atoms with Crippen molar-refractivity contribution >= 4 is 27.3 Å². The standard InChI is InChI=1S/C8H13N5O4S/c9-8-6(13(14)15)2-3-7(12-8)11-4-1-5-18(10,16)17/h2-3H,1,4-5H2,(H3,9,11,12)(H2,10,16,17). The minimum atomic E-state index is -3.48. The third-order valence-electron chi connectivity index (χ3n) is 2.01. The second kappa shape index (κ2) is 5.60. The van der Waals surface area contributed by atoms with Crippen LogP contribution in [0, 0.1) is 10.1 Å². The molecule has 5 N–H and O–H groups in total. The minimum Gasteiger partial charge on any atom is -0.378 e. The number of nitro groups is 1. The normalized spacial score (nSPS) is 11.2. The summed E-state index contributed by atoms with van der Waals surface area (Å²) in [4.78, 5) is 13.6. The molecule has 0 fully saturated rings. The maximum atomic E-state index is 10.7. The first-order chi connectivity index (χ1) is 8.29. The van der Waals surface area contributed by atoms with Crippen LogP contribution in [-0.2, 0) is 10.0 Å². The summed E-state index contributed by atoms with van der Waals surface area (Å²) in [7, 11) is -3.48. The van der Waals surface area contributed by atoms with Crippen molar-refractivity contribution in [3.63, 3.8) is 0 Å². The molecule has 10 heteroatoms. The van der Waals surface area contributed by atoms with E-state index >= 15 is 0 Å². The van der Waals surface area contributed by atoms with Gasteiger partial charge in [0.05, 0.1) is 10.7 Å². The molecule has 0 saturated carbocycles. The molecule has 0 unspecified atom stereocenters.